The summed E-state index contributed by atoms with van der Waals surface area (Å²) in [6, 6.07) is 10.8. The molecular weight excluding hydrogens is 288 g/mol. The highest BCUT2D eigenvalue weighted by Gasteiger charge is 2.09. The average Bonchev–Trinajstić information content (AvgIpc) is 2.93. The van der Waals surface area contributed by atoms with Gasteiger partial charge in [0, 0.05) is 13.5 Å². The summed E-state index contributed by atoms with van der Waals surface area (Å²) < 4.78 is 0. The number of rotatable bonds is 5. The topological polar surface area (TPSA) is 78.4 Å². The highest BCUT2D eigenvalue weighted by molar-refractivity contribution is 7.18. The molecule has 0 saturated heterocycles. The molecular formula is C15H16N2O3S. The highest BCUT2D eigenvalue weighted by Crippen LogP contribution is 2.21. The van der Waals surface area contributed by atoms with Crippen LogP contribution in [0.25, 0.3) is 0 Å². The first-order valence-electron chi connectivity index (χ1n) is 6.43. The molecule has 2 rings (SSSR count). The van der Waals surface area contributed by atoms with Crippen molar-refractivity contribution in [1.29, 1.82) is 0 Å². The van der Waals surface area contributed by atoms with Crippen LogP contribution in [-0.4, -0.2) is 16.9 Å². The Labute approximate surface area is 126 Å². The fraction of sp³-hybridized carbons (Fsp3) is 0.200. The van der Waals surface area contributed by atoms with E-state index in [9.17, 15) is 9.59 Å². The van der Waals surface area contributed by atoms with Crippen LogP contribution in [0.1, 0.15) is 27.7 Å². The Hall–Kier alpha value is -2.18. The van der Waals surface area contributed by atoms with Crippen molar-refractivity contribution in [3.63, 3.8) is 0 Å². The predicted octanol–water partition coefficient (Wildman–Crippen LogP) is 2.13. The molecule has 1 aromatic carbocycles. The number of hydrogen-bond acceptors (Lipinski definition) is 4. The van der Waals surface area contributed by atoms with E-state index in [0.717, 1.165) is 11.1 Å². The van der Waals surface area contributed by atoms with Gasteiger partial charge in [-0.05, 0) is 23.3 Å². The summed E-state index contributed by atoms with van der Waals surface area (Å²) >= 11 is 1.23. The second-order valence-electron chi connectivity index (χ2n) is 4.50. The van der Waals surface area contributed by atoms with E-state index < -0.39 is 0 Å². The van der Waals surface area contributed by atoms with E-state index in [1.807, 2.05) is 24.3 Å². The molecule has 0 fully saturated rings. The van der Waals surface area contributed by atoms with Crippen molar-refractivity contribution >= 4 is 28.2 Å². The van der Waals surface area contributed by atoms with Gasteiger partial charge < -0.3 is 15.7 Å². The molecule has 0 aliphatic heterocycles. The molecule has 0 unspecified atom stereocenters. The van der Waals surface area contributed by atoms with Crippen molar-refractivity contribution in [3.8, 4) is 0 Å². The third-order valence-electron chi connectivity index (χ3n) is 2.79. The fourth-order valence-corrected chi connectivity index (χ4v) is 2.60. The van der Waals surface area contributed by atoms with Gasteiger partial charge in [-0.15, -0.1) is 11.3 Å². The van der Waals surface area contributed by atoms with Crippen LogP contribution >= 0.6 is 11.3 Å². The lowest BCUT2D eigenvalue weighted by Crippen LogP contribution is -2.21. The summed E-state index contributed by atoms with van der Waals surface area (Å²) in [6.45, 7) is 1.85. The van der Waals surface area contributed by atoms with Gasteiger partial charge in [-0.1, -0.05) is 24.3 Å². The summed E-state index contributed by atoms with van der Waals surface area (Å²) in [5.41, 5.74) is 1.79. The zero-order chi connectivity index (χ0) is 15.2. The molecule has 110 valence electrons. The number of benzene rings is 1. The number of carbonyl (C=O) groups excluding carboxylic acids is 2. The maximum Gasteiger partial charge on any atom is 0.261 e. The molecule has 0 spiro atoms. The third-order valence-corrected chi connectivity index (χ3v) is 3.79. The van der Waals surface area contributed by atoms with E-state index in [4.69, 9.17) is 5.11 Å². The zero-order valence-corrected chi connectivity index (χ0v) is 12.4. The first kappa shape index (κ1) is 15.2. The molecule has 1 heterocycles. The van der Waals surface area contributed by atoms with Crippen LogP contribution in [0.2, 0.25) is 0 Å². The van der Waals surface area contributed by atoms with E-state index in [1.54, 1.807) is 12.1 Å². The lowest BCUT2D eigenvalue weighted by Gasteiger charge is -2.04. The summed E-state index contributed by atoms with van der Waals surface area (Å²) in [4.78, 5) is 23.5. The number of amides is 2. The van der Waals surface area contributed by atoms with E-state index >= 15 is 0 Å². The second-order valence-corrected chi connectivity index (χ2v) is 5.59. The predicted molar refractivity (Wildman–Crippen MR) is 82.2 cm³/mol. The van der Waals surface area contributed by atoms with E-state index in [-0.39, 0.29) is 18.4 Å². The molecule has 2 amide bonds. The molecule has 21 heavy (non-hydrogen) atoms. The van der Waals surface area contributed by atoms with Gasteiger partial charge in [0.05, 0.1) is 16.5 Å². The molecule has 0 bridgehead atoms. The number of anilines is 1. The minimum Gasteiger partial charge on any atom is -0.392 e. The van der Waals surface area contributed by atoms with Crippen LogP contribution in [-0.2, 0) is 17.9 Å². The van der Waals surface area contributed by atoms with Crippen LogP contribution < -0.4 is 10.6 Å². The molecule has 0 atom stereocenters. The number of thiophene rings is 1. The zero-order valence-electron chi connectivity index (χ0n) is 11.6. The molecule has 2 aromatic rings. The minimum absolute atomic E-state index is 0.00770. The van der Waals surface area contributed by atoms with Gasteiger partial charge in [-0.2, -0.15) is 0 Å². The van der Waals surface area contributed by atoms with Gasteiger partial charge in [0.1, 0.15) is 0 Å². The van der Waals surface area contributed by atoms with Gasteiger partial charge in [-0.3, -0.25) is 9.59 Å². The Morgan fingerprint density at radius 3 is 2.38 bits per heavy atom. The quantitative estimate of drug-likeness (QED) is 0.792. The maximum absolute atomic E-state index is 12.0. The standard InChI is InChI=1S/C15H16N2O3S/c1-10(19)17-14-7-6-13(21-14)15(20)16-8-11-2-4-12(9-18)5-3-11/h2-7,18H,8-9H2,1H3,(H,16,20)(H,17,19). The summed E-state index contributed by atoms with van der Waals surface area (Å²) in [5.74, 6) is -0.337. The monoisotopic (exact) mass is 304 g/mol. The number of nitrogens with one attached hydrogen (secondary N) is 2. The van der Waals surface area contributed by atoms with Crippen molar-refractivity contribution in [1.82, 2.24) is 5.32 Å². The van der Waals surface area contributed by atoms with Gasteiger partial charge in [0.2, 0.25) is 5.91 Å². The van der Waals surface area contributed by atoms with Gasteiger partial charge >= 0.3 is 0 Å². The van der Waals surface area contributed by atoms with E-state index in [0.29, 0.717) is 16.4 Å². The van der Waals surface area contributed by atoms with Crippen LogP contribution in [0.15, 0.2) is 36.4 Å². The SMILES string of the molecule is CC(=O)Nc1ccc(C(=O)NCc2ccc(CO)cc2)s1. The van der Waals surface area contributed by atoms with E-state index in [2.05, 4.69) is 10.6 Å². The number of hydrogen-bond donors (Lipinski definition) is 3. The van der Waals surface area contributed by atoms with Crippen molar-refractivity contribution in [2.45, 2.75) is 20.1 Å². The molecule has 6 heteroatoms. The van der Waals surface area contributed by atoms with Crippen LogP contribution in [0.3, 0.4) is 0 Å². The Balaban J connectivity index is 1.91. The van der Waals surface area contributed by atoms with Crippen LogP contribution in [0.4, 0.5) is 5.00 Å². The third kappa shape index (κ3) is 4.40. The molecule has 0 aliphatic carbocycles. The first-order valence-corrected chi connectivity index (χ1v) is 7.24. The maximum atomic E-state index is 12.0. The molecule has 0 saturated carbocycles. The van der Waals surface area contributed by atoms with Crippen molar-refractivity contribution in [3.05, 3.63) is 52.4 Å². The smallest absolute Gasteiger partial charge is 0.261 e. The van der Waals surface area contributed by atoms with Crippen molar-refractivity contribution < 1.29 is 14.7 Å². The summed E-state index contributed by atoms with van der Waals surface area (Å²) in [6.07, 6.45) is 0. The van der Waals surface area contributed by atoms with Crippen molar-refractivity contribution in [2.24, 2.45) is 0 Å². The number of carbonyl (C=O) groups is 2. The minimum atomic E-state index is -0.178. The Morgan fingerprint density at radius 1 is 1.10 bits per heavy atom. The van der Waals surface area contributed by atoms with Crippen molar-refractivity contribution in [2.75, 3.05) is 5.32 Å². The Bertz CT molecular complexity index is 635. The van der Waals surface area contributed by atoms with Gasteiger partial charge in [0.15, 0.2) is 0 Å². The Morgan fingerprint density at radius 2 is 1.76 bits per heavy atom. The van der Waals surface area contributed by atoms with Gasteiger partial charge in [0.25, 0.3) is 5.91 Å². The molecule has 3 N–H and O–H groups in total. The fourth-order valence-electron chi connectivity index (χ4n) is 1.73. The summed E-state index contributed by atoms with van der Waals surface area (Å²) in [7, 11) is 0. The molecule has 5 nitrogen and oxygen atoms in total. The second kappa shape index (κ2) is 7.01. The largest absolute Gasteiger partial charge is 0.392 e. The highest BCUT2D eigenvalue weighted by atomic mass is 32.1. The normalized spacial score (nSPS) is 10.2. The number of aliphatic hydroxyl groups is 1. The molecule has 1 aromatic heterocycles. The average molecular weight is 304 g/mol. The van der Waals surface area contributed by atoms with Gasteiger partial charge in [-0.25, -0.2) is 0 Å². The van der Waals surface area contributed by atoms with Crippen LogP contribution in [0, 0.1) is 0 Å². The number of aliphatic hydroxyl groups excluding tert-OH is 1. The Kier molecular flexibility index (Phi) is 5.08. The first-order chi connectivity index (χ1) is 10.1. The molecule has 0 radical (unpaired) electrons. The molecule has 0 aliphatic rings. The lowest BCUT2D eigenvalue weighted by atomic mass is 10.1. The van der Waals surface area contributed by atoms with Crippen LogP contribution in [0.5, 0.6) is 0 Å². The van der Waals surface area contributed by atoms with E-state index in [1.165, 1.54) is 18.3 Å². The lowest BCUT2D eigenvalue weighted by molar-refractivity contribution is -0.114. The summed E-state index contributed by atoms with van der Waals surface area (Å²) in [5, 5.41) is 15.1.